The quantitative estimate of drug-likeness (QED) is 0.575. The molecule has 0 heterocycles. The van der Waals surface area contributed by atoms with E-state index in [0.717, 1.165) is 6.42 Å². The van der Waals surface area contributed by atoms with Gasteiger partial charge >= 0.3 is 0 Å². The van der Waals surface area contributed by atoms with Crippen LogP contribution >= 0.6 is 0 Å². The van der Waals surface area contributed by atoms with E-state index in [1.807, 2.05) is 0 Å². The summed E-state index contributed by atoms with van der Waals surface area (Å²) in [6.07, 6.45) is 0.943. The Morgan fingerprint density at radius 3 is 2.64 bits per heavy atom. The summed E-state index contributed by atoms with van der Waals surface area (Å²) in [5, 5.41) is 0. The topological polar surface area (TPSA) is 17.1 Å². The molecule has 5 rings (SSSR count). The molecule has 3 heteroatoms. The van der Waals surface area contributed by atoms with Crippen LogP contribution in [0.3, 0.4) is 0 Å². The van der Waals surface area contributed by atoms with Gasteiger partial charge in [-0.25, -0.2) is 8.78 Å². The molecule has 74 valence electrons. The van der Waals surface area contributed by atoms with Gasteiger partial charge in [-0.2, -0.15) is 0 Å². The number of fused-ring (bicyclic) bond motifs is 2. The maximum Gasteiger partial charge on any atom is 0.255 e. The zero-order valence-electron chi connectivity index (χ0n) is 7.49. The molecule has 0 aliphatic heterocycles. The maximum atomic E-state index is 13.9. The number of rotatable bonds is 0. The lowest BCUT2D eigenvalue weighted by Crippen LogP contribution is -2.53. The number of hydrogen-bond acceptors (Lipinski definition) is 1. The number of alkyl halides is 2. The molecule has 5 fully saturated rings. The Labute approximate surface area is 79.9 Å². The summed E-state index contributed by atoms with van der Waals surface area (Å²) >= 11 is 0. The predicted molar refractivity (Wildman–Crippen MR) is 42.5 cm³/mol. The number of hydrogen-bond donors (Lipinski definition) is 0. The van der Waals surface area contributed by atoms with Gasteiger partial charge in [0, 0.05) is 23.7 Å². The van der Waals surface area contributed by atoms with Crippen LogP contribution in [0, 0.1) is 47.3 Å². The molecule has 2 bridgehead atoms. The number of Topliss-reactive ketones (excluding diaryl/α,β-unsaturated/α-hetero) is 1. The van der Waals surface area contributed by atoms with E-state index < -0.39 is 17.8 Å². The highest BCUT2D eigenvalue weighted by Gasteiger charge is 2.89. The molecule has 8 atom stereocenters. The summed E-state index contributed by atoms with van der Waals surface area (Å²) in [5.74, 6) is -2.54. The van der Waals surface area contributed by atoms with Gasteiger partial charge in [0.05, 0.1) is 0 Å². The van der Waals surface area contributed by atoms with Crippen LogP contribution in [0.2, 0.25) is 0 Å². The number of carbonyl (C=O) groups excluding carboxylic acids is 1. The van der Waals surface area contributed by atoms with Crippen molar-refractivity contribution < 1.29 is 13.6 Å². The van der Waals surface area contributed by atoms with E-state index in [1.54, 1.807) is 0 Å². The van der Waals surface area contributed by atoms with E-state index in [2.05, 4.69) is 0 Å². The highest BCUT2D eigenvalue weighted by molar-refractivity contribution is 5.91. The molecule has 0 aromatic carbocycles. The molecular formula is C11H10F2O. The van der Waals surface area contributed by atoms with E-state index >= 15 is 0 Å². The van der Waals surface area contributed by atoms with Crippen molar-refractivity contribution >= 4 is 5.78 Å². The Hall–Kier alpha value is -0.470. The van der Waals surface area contributed by atoms with Crippen molar-refractivity contribution in [3.05, 3.63) is 0 Å². The first-order chi connectivity index (χ1) is 6.64. The van der Waals surface area contributed by atoms with Gasteiger partial charge in [0.15, 0.2) is 0 Å². The van der Waals surface area contributed by atoms with Gasteiger partial charge < -0.3 is 0 Å². The highest BCUT2D eigenvalue weighted by atomic mass is 19.3. The minimum absolute atomic E-state index is 0.214. The zero-order valence-corrected chi connectivity index (χ0v) is 7.49. The molecular weight excluding hydrogens is 186 g/mol. The molecule has 0 N–H and O–H groups in total. The molecule has 0 aromatic rings. The first-order valence-corrected chi connectivity index (χ1v) is 5.55. The Bertz CT molecular complexity index is 391. The molecule has 1 nitrogen and oxygen atoms in total. The van der Waals surface area contributed by atoms with Crippen LogP contribution in [-0.2, 0) is 4.79 Å². The normalized spacial score (nSPS) is 73.4. The third kappa shape index (κ3) is 0.361. The Morgan fingerprint density at radius 1 is 1.07 bits per heavy atom. The van der Waals surface area contributed by atoms with E-state index in [9.17, 15) is 13.6 Å². The largest absolute Gasteiger partial charge is 0.299 e. The molecule has 0 amide bonds. The van der Waals surface area contributed by atoms with Gasteiger partial charge in [-0.05, 0) is 30.1 Å². The zero-order chi connectivity index (χ0) is 9.40. The summed E-state index contributed by atoms with van der Waals surface area (Å²) in [6, 6.07) is 0. The summed E-state index contributed by atoms with van der Waals surface area (Å²) in [7, 11) is 0. The maximum absolute atomic E-state index is 13.9. The average molecular weight is 196 g/mol. The first kappa shape index (κ1) is 6.91. The fraction of sp³-hybridized carbons (Fsp3) is 0.909. The molecule has 5 aliphatic rings. The third-order valence-corrected chi connectivity index (χ3v) is 6.05. The Morgan fingerprint density at radius 2 is 1.86 bits per heavy atom. The van der Waals surface area contributed by atoms with E-state index in [-0.39, 0.29) is 29.5 Å². The van der Waals surface area contributed by atoms with E-state index in [4.69, 9.17) is 0 Å². The minimum Gasteiger partial charge on any atom is -0.299 e. The van der Waals surface area contributed by atoms with Gasteiger partial charge in [0.25, 0.3) is 5.92 Å². The second-order valence-electron chi connectivity index (χ2n) is 5.90. The SMILES string of the molecule is O=C1[C@@H]2[C@@H]3[C@@H]4C[C@H]5[C@H]3[C@@H]2C(F)(F)[C@@H]5[C@H]14. The molecule has 0 radical (unpaired) electrons. The predicted octanol–water partition coefficient (Wildman–Crippen LogP) is 1.58. The molecule has 0 spiro atoms. The van der Waals surface area contributed by atoms with Crippen LogP contribution < -0.4 is 0 Å². The van der Waals surface area contributed by atoms with Crippen molar-refractivity contribution in [1.29, 1.82) is 0 Å². The molecule has 0 unspecified atom stereocenters. The summed E-state index contributed by atoms with van der Waals surface area (Å²) in [5.41, 5.74) is 0. The second kappa shape index (κ2) is 1.48. The van der Waals surface area contributed by atoms with Crippen molar-refractivity contribution in [2.45, 2.75) is 12.3 Å². The van der Waals surface area contributed by atoms with Crippen molar-refractivity contribution in [3.63, 3.8) is 0 Å². The lowest BCUT2D eigenvalue weighted by molar-refractivity contribution is -0.174. The molecule has 5 aliphatic carbocycles. The van der Waals surface area contributed by atoms with Gasteiger partial charge in [-0.15, -0.1) is 0 Å². The monoisotopic (exact) mass is 196 g/mol. The summed E-state index contributed by atoms with van der Waals surface area (Å²) in [6.45, 7) is 0. The van der Waals surface area contributed by atoms with Gasteiger partial charge in [-0.3, -0.25) is 4.79 Å². The fourth-order valence-corrected chi connectivity index (χ4v) is 6.07. The molecule has 5 saturated carbocycles. The Kier molecular flexibility index (Phi) is 0.732. The van der Waals surface area contributed by atoms with Gasteiger partial charge in [0.1, 0.15) is 5.78 Å². The van der Waals surface area contributed by atoms with Crippen LogP contribution in [0.1, 0.15) is 6.42 Å². The van der Waals surface area contributed by atoms with Crippen LogP contribution in [0.5, 0.6) is 0 Å². The van der Waals surface area contributed by atoms with Crippen molar-refractivity contribution in [2.75, 3.05) is 0 Å². The molecule has 14 heavy (non-hydrogen) atoms. The van der Waals surface area contributed by atoms with Crippen LogP contribution in [0.25, 0.3) is 0 Å². The lowest BCUT2D eigenvalue weighted by atomic mass is 9.59. The first-order valence-electron chi connectivity index (χ1n) is 5.55. The minimum atomic E-state index is -2.49. The molecule has 0 aromatic heterocycles. The number of carbonyl (C=O) groups is 1. The summed E-state index contributed by atoms with van der Waals surface area (Å²) in [4.78, 5) is 11.9. The van der Waals surface area contributed by atoms with Crippen LogP contribution in [0.15, 0.2) is 0 Å². The van der Waals surface area contributed by atoms with Crippen LogP contribution in [-0.4, -0.2) is 11.7 Å². The average Bonchev–Trinajstić information content (AvgIpc) is 2.52. The highest BCUT2D eigenvalue weighted by Crippen LogP contribution is 2.85. The fourth-order valence-electron chi connectivity index (χ4n) is 6.07. The smallest absolute Gasteiger partial charge is 0.255 e. The number of ketones is 1. The lowest BCUT2D eigenvalue weighted by Gasteiger charge is -2.45. The van der Waals surface area contributed by atoms with Crippen molar-refractivity contribution in [1.82, 2.24) is 0 Å². The Balaban J connectivity index is 1.87. The van der Waals surface area contributed by atoms with Crippen LogP contribution in [0.4, 0.5) is 8.78 Å². The third-order valence-electron chi connectivity index (χ3n) is 6.05. The molecule has 0 saturated heterocycles. The van der Waals surface area contributed by atoms with E-state index in [0.29, 0.717) is 11.8 Å². The van der Waals surface area contributed by atoms with E-state index in [1.165, 1.54) is 0 Å². The number of halogens is 2. The standard InChI is InChI=1S/C11H10F2O/c12-11(13)8-3-1-2-4-5(3)9(11)7(4)10(14)6(2)8/h2-9H,1H2/t2-,3-,4+,5+,6+,7+,8-,9-/m0/s1. The van der Waals surface area contributed by atoms with Crippen molar-refractivity contribution in [2.24, 2.45) is 47.3 Å². The van der Waals surface area contributed by atoms with Gasteiger partial charge in [-0.1, -0.05) is 0 Å². The van der Waals surface area contributed by atoms with Crippen molar-refractivity contribution in [3.8, 4) is 0 Å². The summed E-state index contributed by atoms with van der Waals surface area (Å²) < 4.78 is 27.8. The van der Waals surface area contributed by atoms with Gasteiger partial charge in [0.2, 0.25) is 0 Å². The second-order valence-corrected chi connectivity index (χ2v) is 5.90.